The summed E-state index contributed by atoms with van der Waals surface area (Å²) in [5.41, 5.74) is 0. The minimum absolute atomic E-state index is 0.178. The van der Waals surface area contributed by atoms with E-state index in [1.165, 1.54) is 0 Å². The number of carbonyl (C=O) groups excluding carboxylic acids is 3. The summed E-state index contributed by atoms with van der Waals surface area (Å²) in [4.78, 5) is 34.4. The molecule has 140 valence electrons. The van der Waals surface area contributed by atoms with E-state index in [9.17, 15) is 24.6 Å². The van der Waals surface area contributed by atoms with E-state index in [0.29, 0.717) is 0 Å². The van der Waals surface area contributed by atoms with Crippen LogP contribution in [-0.4, -0.2) is 82.1 Å². The highest BCUT2D eigenvalue weighted by Crippen LogP contribution is 2.13. The van der Waals surface area contributed by atoms with Gasteiger partial charge in [0.1, 0.15) is 31.0 Å². The highest BCUT2D eigenvalue weighted by Gasteiger charge is 2.32. The largest absolute Gasteiger partial charge is 0.460 e. The summed E-state index contributed by atoms with van der Waals surface area (Å²) in [6.07, 6.45) is -7.12. The van der Waals surface area contributed by atoms with Crippen LogP contribution in [-0.2, 0) is 28.6 Å². The van der Waals surface area contributed by atoms with Crippen molar-refractivity contribution in [2.45, 2.75) is 57.7 Å². The van der Waals surface area contributed by atoms with Crippen molar-refractivity contribution in [3.8, 4) is 0 Å². The molecule has 0 aliphatic heterocycles. The Balaban J connectivity index is 5.14. The first kappa shape index (κ1) is 22.2. The summed E-state index contributed by atoms with van der Waals surface area (Å²) in [7, 11) is 0. The Morgan fingerprint density at radius 1 is 0.792 bits per heavy atom. The molecular formula is C14H24O10. The molecule has 0 aromatic heterocycles. The first-order valence-corrected chi connectivity index (χ1v) is 7.32. The SMILES string of the molecule is CC(O)C(=O)OCC(OC(=O)C(C)O)C(CCO)OC(=O)C(C)O. The number of carbonyl (C=O) groups is 3. The summed E-state index contributed by atoms with van der Waals surface area (Å²) in [6, 6.07) is 0. The van der Waals surface area contributed by atoms with Crippen molar-refractivity contribution >= 4 is 17.9 Å². The van der Waals surface area contributed by atoms with Gasteiger partial charge < -0.3 is 34.6 Å². The van der Waals surface area contributed by atoms with Crippen molar-refractivity contribution in [2.75, 3.05) is 13.2 Å². The zero-order valence-corrected chi connectivity index (χ0v) is 13.7. The lowest BCUT2D eigenvalue weighted by atomic mass is 10.1. The van der Waals surface area contributed by atoms with Gasteiger partial charge in [-0.1, -0.05) is 0 Å². The fourth-order valence-corrected chi connectivity index (χ4v) is 1.45. The van der Waals surface area contributed by atoms with Crippen LogP contribution < -0.4 is 0 Å². The maximum Gasteiger partial charge on any atom is 0.335 e. The summed E-state index contributed by atoms with van der Waals surface area (Å²) < 4.78 is 14.6. The molecular weight excluding hydrogens is 328 g/mol. The molecule has 0 fully saturated rings. The van der Waals surface area contributed by atoms with Crippen molar-refractivity contribution in [3.05, 3.63) is 0 Å². The monoisotopic (exact) mass is 352 g/mol. The molecule has 0 spiro atoms. The standard InChI is InChI=1S/C14H24O10/c1-7(16)12(19)22-6-11(24-14(21)9(3)18)10(4-5-15)23-13(20)8(2)17/h7-11,15-18H,4-6H2,1-3H3. The van der Waals surface area contributed by atoms with E-state index in [4.69, 9.17) is 24.4 Å². The molecule has 24 heavy (non-hydrogen) atoms. The second-order valence-electron chi connectivity index (χ2n) is 5.12. The zero-order valence-electron chi connectivity index (χ0n) is 13.7. The van der Waals surface area contributed by atoms with Gasteiger partial charge in [-0.3, -0.25) is 0 Å². The lowest BCUT2D eigenvalue weighted by molar-refractivity contribution is -0.186. The molecule has 4 N–H and O–H groups in total. The second-order valence-corrected chi connectivity index (χ2v) is 5.12. The lowest BCUT2D eigenvalue weighted by Gasteiger charge is -2.27. The van der Waals surface area contributed by atoms with E-state index >= 15 is 0 Å². The molecule has 0 radical (unpaired) electrons. The van der Waals surface area contributed by atoms with Crippen LogP contribution in [0.25, 0.3) is 0 Å². The third-order valence-corrected chi connectivity index (χ3v) is 2.78. The Bertz CT molecular complexity index is 418. The molecule has 0 aliphatic rings. The molecule has 0 aromatic rings. The van der Waals surface area contributed by atoms with Crippen LogP contribution in [0.4, 0.5) is 0 Å². The highest BCUT2D eigenvalue weighted by atomic mass is 16.6. The van der Waals surface area contributed by atoms with E-state index in [1.807, 2.05) is 0 Å². The summed E-state index contributed by atoms with van der Waals surface area (Å²) in [5, 5.41) is 36.5. The first-order valence-electron chi connectivity index (χ1n) is 7.32. The quantitative estimate of drug-likeness (QED) is 0.253. The molecule has 0 heterocycles. The van der Waals surface area contributed by atoms with Crippen LogP contribution in [0, 0.1) is 0 Å². The molecule has 0 rings (SSSR count). The predicted molar refractivity (Wildman–Crippen MR) is 77.5 cm³/mol. The average Bonchev–Trinajstić information content (AvgIpc) is 2.49. The topological polar surface area (TPSA) is 160 Å². The van der Waals surface area contributed by atoms with Gasteiger partial charge in [0.2, 0.25) is 0 Å². The number of hydrogen-bond donors (Lipinski definition) is 4. The number of aliphatic hydroxyl groups is 4. The van der Waals surface area contributed by atoms with E-state index in [0.717, 1.165) is 20.8 Å². The molecule has 5 unspecified atom stereocenters. The minimum atomic E-state index is -1.48. The Kier molecular flexibility index (Phi) is 10.1. The molecule has 0 bridgehead atoms. The number of rotatable bonds is 10. The van der Waals surface area contributed by atoms with Gasteiger partial charge in [0.05, 0.1) is 0 Å². The Labute approximate surface area is 138 Å². The third kappa shape index (κ3) is 8.20. The Morgan fingerprint density at radius 3 is 1.58 bits per heavy atom. The van der Waals surface area contributed by atoms with Crippen molar-refractivity contribution in [1.29, 1.82) is 0 Å². The summed E-state index contributed by atoms with van der Waals surface area (Å²) in [5.74, 6) is -3.10. The van der Waals surface area contributed by atoms with Crippen molar-refractivity contribution in [1.82, 2.24) is 0 Å². The molecule has 10 nitrogen and oxygen atoms in total. The van der Waals surface area contributed by atoms with E-state index < -0.39 is 61.6 Å². The zero-order chi connectivity index (χ0) is 18.9. The maximum absolute atomic E-state index is 11.5. The number of hydrogen-bond acceptors (Lipinski definition) is 10. The summed E-state index contributed by atoms with van der Waals surface area (Å²) >= 11 is 0. The van der Waals surface area contributed by atoms with Gasteiger partial charge in [0.25, 0.3) is 0 Å². The molecule has 0 saturated heterocycles. The normalized spacial score (nSPS) is 17.1. The Morgan fingerprint density at radius 2 is 1.21 bits per heavy atom. The van der Waals surface area contributed by atoms with Crippen LogP contribution in [0.2, 0.25) is 0 Å². The fourth-order valence-electron chi connectivity index (χ4n) is 1.45. The van der Waals surface area contributed by atoms with Gasteiger partial charge in [0, 0.05) is 13.0 Å². The van der Waals surface area contributed by atoms with Gasteiger partial charge in [-0.15, -0.1) is 0 Å². The van der Waals surface area contributed by atoms with Crippen LogP contribution in [0.5, 0.6) is 0 Å². The molecule has 5 atom stereocenters. The maximum atomic E-state index is 11.5. The van der Waals surface area contributed by atoms with Crippen molar-refractivity contribution < 1.29 is 49.0 Å². The van der Waals surface area contributed by atoms with Gasteiger partial charge in [-0.05, 0) is 20.8 Å². The minimum Gasteiger partial charge on any atom is -0.460 e. The highest BCUT2D eigenvalue weighted by molar-refractivity contribution is 5.75. The molecule has 0 amide bonds. The first-order chi connectivity index (χ1) is 11.1. The molecule has 0 saturated carbocycles. The van der Waals surface area contributed by atoms with Crippen LogP contribution >= 0.6 is 0 Å². The van der Waals surface area contributed by atoms with Gasteiger partial charge in [-0.25, -0.2) is 14.4 Å². The average molecular weight is 352 g/mol. The summed E-state index contributed by atoms with van der Waals surface area (Å²) in [6.45, 7) is 2.43. The fraction of sp³-hybridized carbons (Fsp3) is 0.786. The van der Waals surface area contributed by atoms with E-state index in [2.05, 4.69) is 0 Å². The van der Waals surface area contributed by atoms with Gasteiger partial charge >= 0.3 is 17.9 Å². The molecule has 0 aromatic carbocycles. The van der Waals surface area contributed by atoms with Crippen LogP contribution in [0.1, 0.15) is 27.2 Å². The van der Waals surface area contributed by atoms with Crippen LogP contribution in [0.3, 0.4) is 0 Å². The second kappa shape index (κ2) is 10.9. The smallest absolute Gasteiger partial charge is 0.335 e. The molecule has 10 heteroatoms. The number of aliphatic hydroxyl groups excluding tert-OH is 4. The van der Waals surface area contributed by atoms with Crippen LogP contribution in [0.15, 0.2) is 0 Å². The van der Waals surface area contributed by atoms with Crippen molar-refractivity contribution in [3.63, 3.8) is 0 Å². The van der Waals surface area contributed by atoms with E-state index in [-0.39, 0.29) is 6.42 Å². The number of esters is 3. The van der Waals surface area contributed by atoms with E-state index in [1.54, 1.807) is 0 Å². The number of ether oxygens (including phenoxy) is 3. The lowest BCUT2D eigenvalue weighted by Crippen LogP contribution is -2.43. The Hall–Kier alpha value is -1.75. The van der Waals surface area contributed by atoms with Crippen molar-refractivity contribution in [2.24, 2.45) is 0 Å². The van der Waals surface area contributed by atoms with Gasteiger partial charge in [0.15, 0.2) is 6.10 Å². The molecule has 0 aliphatic carbocycles. The third-order valence-electron chi connectivity index (χ3n) is 2.78. The predicted octanol–water partition coefficient (Wildman–Crippen LogP) is -2.12. The van der Waals surface area contributed by atoms with Gasteiger partial charge in [-0.2, -0.15) is 0 Å².